The summed E-state index contributed by atoms with van der Waals surface area (Å²) in [6.07, 6.45) is 8.78. The number of aromatic amines is 1. The van der Waals surface area contributed by atoms with Gasteiger partial charge in [0.2, 0.25) is 0 Å². The van der Waals surface area contributed by atoms with Crippen LogP contribution < -0.4 is 15.2 Å². The normalized spacial score (nSPS) is 18.8. The van der Waals surface area contributed by atoms with Crippen LogP contribution in [0.1, 0.15) is 31.2 Å². The Kier molecular flexibility index (Phi) is 4.80. The molecular weight excluding hydrogens is 400 g/mol. The lowest BCUT2D eigenvalue weighted by Crippen LogP contribution is -2.36. The summed E-state index contributed by atoms with van der Waals surface area (Å²) in [7, 11) is 1.76. The summed E-state index contributed by atoms with van der Waals surface area (Å²) in [5.74, 6) is 0. The SMILES string of the molecule is Cn1cc(-c2cc(CNS(=O)[O-])ccc2N2CCCC3(CC3)C2)c2cc[nH]c2c1=O. The number of piperidine rings is 1. The van der Waals surface area contributed by atoms with E-state index in [0.717, 1.165) is 40.9 Å². The van der Waals surface area contributed by atoms with E-state index in [1.54, 1.807) is 17.8 Å². The van der Waals surface area contributed by atoms with Crippen LogP contribution in [0.25, 0.3) is 22.0 Å². The fourth-order valence-corrected chi connectivity index (χ4v) is 5.09. The van der Waals surface area contributed by atoms with E-state index in [9.17, 15) is 13.6 Å². The van der Waals surface area contributed by atoms with E-state index in [-0.39, 0.29) is 12.1 Å². The van der Waals surface area contributed by atoms with Gasteiger partial charge in [0.05, 0.1) is 0 Å². The molecule has 2 fully saturated rings. The second-order valence-corrected chi connectivity index (χ2v) is 9.42. The monoisotopic (exact) mass is 425 g/mol. The van der Waals surface area contributed by atoms with Gasteiger partial charge in [0.15, 0.2) is 0 Å². The Labute approximate surface area is 177 Å². The number of aryl methyl sites for hydroxylation is 1. The molecule has 1 saturated heterocycles. The van der Waals surface area contributed by atoms with Crippen molar-refractivity contribution in [2.45, 2.75) is 32.2 Å². The number of nitrogens with zero attached hydrogens (tertiary/aromatic N) is 2. The Balaban J connectivity index is 1.65. The topological polar surface area (TPSA) is 93.2 Å². The van der Waals surface area contributed by atoms with Crippen molar-refractivity contribution in [2.75, 3.05) is 18.0 Å². The fourth-order valence-electron chi connectivity index (χ4n) is 4.81. The first-order valence-corrected chi connectivity index (χ1v) is 11.4. The summed E-state index contributed by atoms with van der Waals surface area (Å²) in [5, 5.41) is 0.884. The molecule has 5 rings (SSSR count). The molecule has 2 N–H and O–H groups in total. The van der Waals surface area contributed by atoms with Gasteiger partial charge in [0, 0.05) is 72.5 Å². The van der Waals surface area contributed by atoms with Crippen LogP contribution in [0.3, 0.4) is 0 Å². The molecule has 1 aliphatic heterocycles. The smallest absolute Gasteiger partial charge is 0.274 e. The molecule has 1 spiro atoms. The Morgan fingerprint density at radius 1 is 1.23 bits per heavy atom. The third-order valence-electron chi connectivity index (χ3n) is 6.60. The first-order valence-electron chi connectivity index (χ1n) is 10.3. The van der Waals surface area contributed by atoms with Crippen molar-refractivity contribution in [1.82, 2.24) is 14.3 Å². The van der Waals surface area contributed by atoms with Crippen LogP contribution in [-0.2, 0) is 24.9 Å². The molecule has 30 heavy (non-hydrogen) atoms. The minimum absolute atomic E-state index is 0.0604. The molecule has 2 aromatic heterocycles. The van der Waals surface area contributed by atoms with Gasteiger partial charge in [-0.15, -0.1) is 0 Å². The summed E-state index contributed by atoms with van der Waals surface area (Å²) in [6, 6.07) is 8.08. The van der Waals surface area contributed by atoms with Gasteiger partial charge in [0.1, 0.15) is 5.52 Å². The third-order valence-corrected chi connectivity index (χ3v) is 6.98. The van der Waals surface area contributed by atoms with Gasteiger partial charge in [-0.3, -0.25) is 9.00 Å². The predicted molar refractivity (Wildman–Crippen MR) is 118 cm³/mol. The molecular formula is C22H25N4O3S-. The van der Waals surface area contributed by atoms with Gasteiger partial charge in [-0.1, -0.05) is 6.07 Å². The largest absolute Gasteiger partial charge is 0.760 e. The minimum atomic E-state index is -2.31. The van der Waals surface area contributed by atoms with E-state index >= 15 is 0 Å². The first kappa shape index (κ1) is 19.5. The van der Waals surface area contributed by atoms with Gasteiger partial charge in [0.25, 0.3) is 5.56 Å². The van der Waals surface area contributed by atoms with Crippen molar-refractivity contribution in [3.8, 4) is 11.1 Å². The molecule has 2 aliphatic rings. The standard InChI is InChI=1S/C22H26N4O3S/c1-25-13-18(16-5-9-23-20(16)21(25)27)17-11-15(12-24-30(28)29)3-4-19(17)26-10-2-6-22(14-26)7-8-22/h3-5,9,11,13,23-24H,2,6-8,10,12,14H2,1H3,(H,28,29)/p-1. The lowest BCUT2D eigenvalue weighted by molar-refractivity contribution is 0.395. The zero-order valence-electron chi connectivity index (χ0n) is 16.9. The summed E-state index contributed by atoms with van der Waals surface area (Å²) >= 11 is -2.31. The molecule has 158 valence electrons. The van der Waals surface area contributed by atoms with Gasteiger partial charge in [-0.25, -0.2) is 4.72 Å². The summed E-state index contributed by atoms with van der Waals surface area (Å²) < 4.78 is 26.0. The van der Waals surface area contributed by atoms with Crippen LogP contribution in [0.15, 0.2) is 41.5 Å². The maximum atomic E-state index is 12.5. The Hall–Kier alpha value is -2.42. The van der Waals surface area contributed by atoms with Crippen molar-refractivity contribution < 1.29 is 8.76 Å². The van der Waals surface area contributed by atoms with Gasteiger partial charge in [-0.05, 0) is 54.9 Å². The van der Waals surface area contributed by atoms with Crippen molar-refractivity contribution in [2.24, 2.45) is 12.5 Å². The maximum Gasteiger partial charge on any atom is 0.274 e. The molecule has 1 atom stereocenters. The molecule has 3 heterocycles. The van der Waals surface area contributed by atoms with Crippen molar-refractivity contribution in [3.63, 3.8) is 0 Å². The fraction of sp³-hybridized carbons (Fsp3) is 0.409. The van der Waals surface area contributed by atoms with E-state index in [1.807, 2.05) is 18.3 Å². The predicted octanol–water partition coefficient (Wildman–Crippen LogP) is 2.80. The number of aromatic nitrogens is 2. The quantitative estimate of drug-likeness (QED) is 0.615. The zero-order valence-corrected chi connectivity index (χ0v) is 17.8. The zero-order chi connectivity index (χ0) is 20.9. The summed E-state index contributed by atoms with van der Waals surface area (Å²) in [4.78, 5) is 18.1. The molecule has 1 saturated carbocycles. The molecule has 1 aliphatic carbocycles. The summed E-state index contributed by atoms with van der Waals surface area (Å²) in [6.45, 7) is 2.30. The molecule has 0 amide bonds. The molecule has 0 bridgehead atoms. The van der Waals surface area contributed by atoms with Gasteiger partial charge >= 0.3 is 0 Å². The molecule has 0 radical (unpaired) electrons. The second-order valence-electron chi connectivity index (χ2n) is 8.66. The molecule has 8 heteroatoms. The molecule has 7 nitrogen and oxygen atoms in total. The Bertz CT molecular complexity index is 1190. The van der Waals surface area contributed by atoms with Gasteiger partial charge in [-0.2, -0.15) is 0 Å². The van der Waals surface area contributed by atoms with Gasteiger partial charge < -0.3 is 19.0 Å². The highest BCUT2D eigenvalue weighted by molar-refractivity contribution is 7.77. The number of benzene rings is 1. The minimum Gasteiger partial charge on any atom is -0.760 e. The van der Waals surface area contributed by atoms with Crippen LogP contribution in [0.5, 0.6) is 0 Å². The second kappa shape index (κ2) is 7.37. The third kappa shape index (κ3) is 3.49. The van der Waals surface area contributed by atoms with Crippen molar-refractivity contribution in [3.05, 3.63) is 52.6 Å². The average molecular weight is 426 g/mol. The number of H-pyrrole nitrogens is 1. The number of hydrogen-bond acceptors (Lipinski definition) is 4. The van der Waals surface area contributed by atoms with Crippen LogP contribution in [0.4, 0.5) is 5.69 Å². The molecule has 1 unspecified atom stereocenters. The lowest BCUT2D eigenvalue weighted by atomic mass is 9.92. The van der Waals surface area contributed by atoms with Crippen LogP contribution in [-0.4, -0.2) is 31.4 Å². The van der Waals surface area contributed by atoms with E-state index in [0.29, 0.717) is 10.9 Å². The van der Waals surface area contributed by atoms with Crippen LogP contribution >= 0.6 is 0 Å². The maximum absolute atomic E-state index is 12.5. The highest BCUT2D eigenvalue weighted by Gasteiger charge is 2.45. The van der Waals surface area contributed by atoms with E-state index < -0.39 is 11.3 Å². The average Bonchev–Trinajstić information content (AvgIpc) is 3.28. The highest BCUT2D eigenvalue weighted by Crippen LogP contribution is 2.53. The van der Waals surface area contributed by atoms with Crippen molar-refractivity contribution in [1.29, 1.82) is 0 Å². The molecule has 1 aromatic carbocycles. The first-order chi connectivity index (χ1) is 14.5. The lowest BCUT2D eigenvalue weighted by Gasteiger charge is -2.36. The Morgan fingerprint density at radius 3 is 2.83 bits per heavy atom. The number of rotatable bonds is 5. The number of hydrogen-bond donors (Lipinski definition) is 2. The highest BCUT2D eigenvalue weighted by atomic mass is 32.2. The van der Waals surface area contributed by atoms with E-state index in [1.165, 1.54) is 25.7 Å². The van der Waals surface area contributed by atoms with E-state index in [4.69, 9.17) is 0 Å². The number of fused-ring (bicyclic) bond motifs is 1. The van der Waals surface area contributed by atoms with Crippen LogP contribution in [0.2, 0.25) is 0 Å². The Morgan fingerprint density at radius 2 is 2.07 bits per heavy atom. The number of pyridine rings is 1. The van der Waals surface area contributed by atoms with Crippen LogP contribution in [0, 0.1) is 5.41 Å². The summed E-state index contributed by atoms with van der Waals surface area (Å²) in [5.41, 5.74) is 5.04. The number of nitrogens with one attached hydrogen (secondary N) is 2. The van der Waals surface area contributed by atoms with E-state index in [2.05, 4.69) is 26.7 Å². The number of anilines is 1. The van der Waals surface area contributed by atoms with Crippen molar-refractivity contribution >= 4 is 27.9 Å². The molecule has 3 aromatic rings.